The summed E-state index contributed by atoms with van der Waals surface area (Å²) in [6.07, 6.45) is 3.55. The Labute approximate surface area is 146 Å². The van der Waals surface area contributed by atoms with Gasteiger partial charge in [0.15, 0.2) is 0 Å². The van der Waals surface area contributed by atoms with E-state index in [-0.39, 0.29) is 25.9 Å². The second-order valence-corrected chi connectivity index (χ2v) is 4.11. The molecule has 0 saturated heterocycles. The summed E-state index contributed by atoms with van der Waals surface area (Å²) in [4.78, 5) is 59.9. The largest absolute Gasteiger partial charge is 0.481 e. The first-order chi connectivity index (χ1) is 12.1. The van der Waals surface area contributed by atoms with E-state index in [0.717, 1.165) is 18.2 Å². The van der Waals surface area contributed by atoms with Gasteiger partial charge in [0.2, 0.25) is 5.91 Å². The highest BCUT2D eigenvalue weighted by Crippen LogP contribution is 1.92. The van der Waals surface area contributed by atoms with Crippen molar-refractivity contribution in [2.45, 2.75) is 12.8 Å². The number of carboxylic acids is 3. The maximum atomic E-state index is 10.7. The minimum absolute atomic E-state index is 0.0157. The molecule has 0 unspecified atom stereocenters. The standard InChI is InChI=1S/C7H9NO5.C4H2O3.C3H7NO2/c9-5(1-2-6(10)11)8-4-3-7(12)13;5-3-1-2-4(6)7-3;4-2-1-3(5)6/h1-2H,3-4H2,(H,8,9)(H,10,11)(H,12,13);1-2H;1-2,4H2,(H,5,6)/b2-1-;;. The van der Waals surface area contributed by atoms with Gasteiger partial charge in [0.25, 0.3) is 0 Å². The highest BCUT2D eigenvalue weighted by atomic mass is 16.6. The Hall–Kier alpha value is -3.54. The Morgan fingerprint density at radius 2 is 1.46 bits per heavy atom. The lowest BCUT2D eigenvalue weighted by Gasteiger charge is -1.96. The summed E-state index contributed by atoms with van der Waals surface area (Å²) in [6.45, 7) is 0.216. The number of carbonyl (C=O) groups excluding carboxylic acids is 3. The Balaban J connectivity index is 0. The monoisotopic (exact) mass is 374 g/mol. The van der Waals surface area contributed by atoms with E-state index >= 15 is 0 Å². The molecule has 1 heterocycles. The average molecular weight is 374 g/mol. The van der Waals surface area contributed by atoms with Crippen LogP contribution >= 0.6 is 0 Å². The van der Waals surface area contributed by atoms with E-state index in [2.05, 4.69) is 10.1 Å². The van der Waals surface area contributed by atoms with E-state index in [1.807, 2.05) is 0 Å². The highest BCUT2D eigenvalue weighted by molar-refractivity contribution is 6.04. The number of cyclic esters (lactones) is 2. The van der Waals surface area contributed by atoms with Gasteiger partial charge >= 0.3 is 29.8 Å². The summed E-state index contributed by atoms with van der Waals surface area (Å²) in [7, 11) is 0. The molecule has 0 aliphatic carbocycles. The molecule has 0 spiro atoms. The van der Waals surface area contributed by atoms with Crippen molar-refractivity contribution in [3.8, 4) is 0 Å². The molecule has 0 radical (unpaired) electrons. The van der Waals surface area contributed by atoms with E-state index in [0.29, 0.717) is 6.08 Å². The molecule has 26 heavy (non-hydrogen) atoms. The Morgan fingerprint density at radius 1 is 0.962 bits per heavy atom. The third kappa shape index (κ3) is 20.5. The molecule has 0 fully saturated rings. The molecular weight excluding hydrogens is 356 g/mol. The molecule has 1 rings (SSSR count). The predicted octanol–water partition coefficient (Wildman–Crippen LogP) is -1.74. The van der Waals surface area contributed by atoms with E-state index in [1.165, 1.54) is 0 Å². The molecule has 12 heteroatoms. The number of hydrogen-bond acceptors (Lipinski definition) is 8. The first-order valence-corrected chi connectivity index (χ1v) is 6.84. The number of aliphatic carboxylic acids is 3. The maximum absolute atomic E-state index is 10.7. The van der Waals surface area contributed by atoms with Crippen molar-refractivity contribution in [1.82, 2.24) is 5.32 Å². The normalized spacial score (nSPS) is 11.6. The number of nitrogens with two attached hydrogens (primary N) is 1. The summed E-state index contributed by atoms with van der Waals surface area (Å²) in [5, 5.41) is 26.3. The molecule has 1 aliphatic heterocycles. The van der Waals surface area contributed by atoms with Crippen molar-refractivity contribution < 1.29 is 48.8 Å². The SMILES string of the molecule is NCCC(=O)O.O=C(O)/C=C\C(=O)NCCC(=O)O.O=C1C=CC(=O)O1. The Morgan fingerprint density at radius 3 is 1.73 bits per heavy atom. The van der Waals surface area contributed by atoms with Gasteiger partial charge in [-0.1, -0.05) is 0 Å². The summed E-state index contributed by atoms with van der Waals surface area (Å²) in [6, 6.07) is 0. The number of carboxylic acid groups (broad SMARTS) is 3. The van der Waals surface area contributed by atoms with Crippen LogP contribution in [-0.4, -0.2) is 64.2 Å². The van der Waals surface area contributed by atoms with Crippen LogP contribution in [0.25, 0.3) is 0 Å². The molecule has 1 amide bonds. The fourth-order valence-electron chi connectivity index (χ4n) is 0.925. The molecule has 0 aromatic carbocycles. The van der Waals surface area contributed by atoms with E-state index in [9.17, 15) is 28.8 Å². The van der Waals surface area contributed by atoms with Crippen LogP contribution in [0, 0.1) is 0 Å². The molecule has 144 valence electrons. The molecular formula is C14H18N2O10. The number of rotatable bonds is 7. The average Bonchev–Trinajstić information content (AvgIpc) is 2.89. The zero-order chi connectivity index (χ0) is 20.5. The molecule has 0 saturated carbocycles. The van der Waals surface area contributed by atoms with Crippen LogP contribution in [0.15, 0.2) is 24.3 Å². The molecule has 12 nitrogen and oxygen atoms in total. The third-order valence-electron chi connectivity index (χ3n) is 1.93. The van der Waals surface area contributed by atoms with Crippen LogP contribution in [0.1, 0.15) is 12.8 Å². The number of carbonyl (C=O) groups is 6. The predicted molar refractivity (Wildman–Crippen MR) is 83.6 cm³/mol. The molecule has 0 aromatic rings. The van der Waals surface area contributed by atoms with Gasteiger partial charge in [0.1, 0.15) is 0 Å². The number of nitrogens with one attached hydrogen (secondary N) is 1. The van der Waals surface area contributed by atoms with Crippen molar-refractivity contribution in [3.63, 3.8) is 0 Å². The maximum Gasteiger partial charge on any atom is 0.338 e. The Bertz CT molecular complexity index is 579. The fraction of sp³-hybridized carbons (Fsp3) is 0.286. The second kappa shape index (κ2) is 15.0. The number of amides is 1. The van der Waals surface area contributed by atoms with Crippen LogP contribution in [0.3, 0.4) is 0 Å². The van der Waals surface area contributed by atoms with Crippen molar-refractivity contribution in [3.05, 3.63) is 24.3 Å². The Kier molecular flexibility index (Phi) is 14.3. The molecule has 1 aliphatic rings. The second-order valence-electron chi connectivity index (χ2n) is 4.11. The minimum atomic E-state index is -1.23. The molecule has 0 atom stereocenters. The van der Waals surface area contributed by atoms with Crippen molar-refractivity contribution in [1.29, 1.82) is 0 Å². The summed E-state index contributed by atoms with van der Waals surface area (Å²) < 4.78 is 3.97. The number of ether oxygens (including phenoxy) is 1. The molecule has 0 aromatic heterocycles. The van der Waals surface area contributed by atoms with E-state index < -0.39 is 35.8 Å². The van der Waals surface area contributed by atoms with Crippen molar-refractivity contribution >= 4 is 35.8 Å². The minimum Gasteiger partial charge on any atom is -0.481 e. The van der Waals surface area contributed by atoms with Gasteiger partial charge in [-0.05, 0) is 0 Å². The summed E-state index contributed by atoms with van der Waals surface area (Å²) in [5.41, 5.74) is 4.85. The van der Waals surface area contributed by atoms with E-state index in [4.69, 9.17) is 21.1 Å². The first kappa shape index (κ1) is 24.7. The van der Waals surface area contributed by atoms with Crippen molar-refractivity contribution in [2.24, 2.45) is 5.73 Å². The lowest BCUT2D eigenvalue weighted by molar-refractivity contribution is -0.150. The van der Waals surface area contributed by atoms with Crippen LogP contribution in [0.5, 0.6) is 0 Å². The third-order valence-corrected chi connectivity index (χ3v) is 1.93. The van der Waals surface area contributed by atoms with Gasteiger partial charge in [0.05, 0.1) is 12.8 Å². The van der Waals surface area contributed by atoms with E-state index in [1.54, 1.807) is 0 Å². The van der Waals surface area contributed by atoms with Crippen LogP contribution in [-0.2, 0) is 33.5 Å². The van der Waals surface area contributed by atoms with Gasteiger partial charge in [-0.2, -0.15) is 0 Å². The zero-order valence-electron chi connectivity index (χ0n) is 13.4. The summed E-state index contributed by atoms with van der Waals surface area (Å²) >= 11 is 0. The van der Waals surface area contributed by atoms with Crippen LogP contribution in [0.2, 0.25) is 0 Å². The van der Waals surface area contributed by atoms with Gasteiger partial charge in [-0.15, -0.1) is 0 Å². The molecule has 0 bridgehead atoms. The number of esters is 2. The first-order valence-electron chi connectivity index (χ1n) is 6.84. The van der Waals surface area contributed by atoms with Gasteiger partial charge in [0, 0.05) is 37.4 Å². The van der Waals surface area contributed by atoms with Crippen molar-refractivity contribution in [2.75, 3.05) is 13.1 Å². The summed E-state index contributed by atoms with van der Waals surface area (Å²) in [5.74, 6) is -4.87. The highest BCUT2D eigenvalue weighted by Gasteiger charge is 2.10. The van der Waals surface area contributed by atoms with Crippen LogP contribution in [0.4, 0.5) is 0 Å². The van der Waals surface area contributed by atoms with Gasteiger partial charge in [-0.25, -0.2) is 14.4 Å². The van der Waals surface area contributed by atoms with Gasteiger partial charge in [-0.3, -0.25) is 14.4 Å². The fourth-order valence-corrected chi connectivity index (χ4v) is 0.925. The quantitative estimate of drug-likeness (QED) is 0.192. The topological polar surface area (TPSA) is 210 Å². The molecule has 6 N–H and O–H groups in total. The van der Waals surface area contributed by atoms with Crippen LogP contribution < -0.4 is 11.1 Å². The van der Waals surface area contributed by atoms with Gasteiger partial charge < -0.3 is 31.1 Å². The lowest BCUT2D eigenvalue weighted by Crippen LogP contribution is -2.24. The number of hydrogen-bond donors (Lipinski definition) is 5. The smallest absolute Gasteiger partial charge is 0.338 e. The lowest BCUT2D eigenvalue weighted by atomic mass is 10.4. The zero-order valence-corrected chi connectivity index (χ0v) is 13.4.